The third-order valence-corrected chi connectivity index (χ3v) is 7.00. The molecule has 162 valence electrons. The predicted molar refractivity (Wildman–Crippen MR) is 104 cm³/mol. The fourth-order valence-electron chi connectivity index (χ4n) is 2.93. The Morgan fingerprint density at radius 1 is 0.967 bits per heavy atom. The molecule has 2 aromatic rings. The standard InChI is InChI=1S/C18H15Cl2F3N2O4S/c19-15-5-4-14(11-16(15)20)30(27,28)25-8-6-24(7-9-25)17(26)12-2-1-3-13(10-12)29-18(21,22)23/h1-5,10-11H,6-9H2. The number of piperazine rings is 1. The Labute approximate surface area is 180 Å². The van der Waals surface area contributed by atoms with Crippen LogP contribution in [0.25, 0.3) is 0 Å². The number of sulfonamides is 1. The molecular weight excluding hydrogens is 468 g/mol. The number of amides is 1. The summed E-state index contributed by atoms with van der Waals surface area (Å²) >= 11 is 11.7. The van der Waals surface area contributed by atoms with Gasteiger partial charge in [0, 0.05) is 31.7 Å². The molecule has 3 rings (SSSR count). The summed E-state index contributed by atoms with van der Waals surface area (Å²) in [5.74, 6) is -1.02. The van der Waals surface area contributed by atoms with Crippen LogP contribution < -0.4 is 4.74 Å². The molecule has 0 N–H and O–H groups in total. The van der Waals surface area contributed by atoms with E-state index in [1.807, 2.05) is 0 Å². The molecule has 6 nitrogen and oxygen atoms in total. The van der Waals surface area contributed by atoms with E-state index >= 15 is 0 Å². The first-order chi connectivity index (χ1) is 14.0. The summed E-state index contributed by atoms with van der Waals surface area (Å²) in [6.07, 6.45) is -4.87. The van der Waals surface area contributed by atoms with E-state index in [0.29, 0.717) is 0 Å². The van der Waals surface area contributed by atoms with Gasteiger partial charge in [-0.25, -0.2) is 8.42 Å². The number of hydrogen-bond donors (Lipinski definition) is 0. The Kier molecular flexibility index (Phi) is 6.51. The highest BCUT2D eigenvalue weighted by molar-refractivity contribution is 7.89. The predicted octanol–water partition coefficient (Wildman–Crippen LogP) is 4.04. The Morgan fingerprint density at radius 3 is 2.23 bits per heavy atom. The van der Waals surface area contributed by atoms with Crippen LogP contribution in [-0.2, 0) is 10.0 Å². The molecule has 1 aliphatic rings. The van der Waals surface area contributed by atoms with Crippen LogP contribution in [0.1, 0.15) is 10.4 Å². The summed E-state index contributed by atoms with van der Waals surface area (Å²) < 4.78 is 67.7. The van der Waals surface area contributed by atoms with E-state index in [9.17, 15) is 26.4 Å². The number of halogens is 5. The van der Waals surface area contributed by atoms with Gasteiger partial charge in [-0.05, 0) is 36.4 Å². The van der Waals surface area contributed by atoms with Gasteiger partial charge in [0.15, 0.2) is 0 Å². The van der Waals surface area contributed by atoms with Gasteiger partial charge in [-0.3, -0.25) is 4.79 Å². The zero-order chi connectivity index (χ0) is 22.1. The summed E-state index contributed by atoms with van der Waals surface area (Å²) in [5, 5.41) is 0.329. The number of rotatable bonds is 4. The highest BCUT2D eigenvalue weighted by Crippen LogP contribution is 2.28. The molecule has 0 saturated carbocycles. The molecule has 2 aromatic carbocycles. The lowest BCUT2D eigenvalue weighted by atomic mass is 10.1. The second-order valence-corrected chi connectivity index (χ2v) is 9.10. The average molecular weight is 483 g/mol. The summed E-state index contributed by atoms with van der Waals surface area (Å²) in [7, 11) is -3.83. The van der Waals surface area contributed by atoms with Crippen molar-refractivity contribution in [1.29, 1.82) is 0 Å². The van der Waals surface area contributed by atoms with Gasteiger partial charge in [-0.1, -0.05) is 29.3 Å². The summed E-state index contributed by atoms with van der Waals surface area (Å²) in [6.45, 7) is 0.188. The van der Waals surface area contributed by atoms with Crippen molar-refractivity contribution in [3.63, 3.8) is 0 Å². The Balaban J connectivity index is 1.68. The molecule has 1 heterocycles. The minimum absolute atomic E-state index is 0.0116. The van der Waals surface area contributed by atoms with Crippen LogP contribution in [0.4, 0.5) is 13.2 Å². The molecule has 30 heavy (non-hydrogen) atoms. The van der Waals surface area contributed by atoms with Gasteiger partial charge in [0.1, 0.15) is 5.75 Å². The van der Waals surface area contributed by atoms with Crippen molar-refractivity contribution in [2.45, 2.75) is 11.3 Å². The number of ether oxygens (including phenoxy) is 1. The van der Waals surface area contributed by atoms with E-state index < -0.39 is 28.0 Å². The second kappa shape index (κ2) is 8.62. The molecular formula is C18H15Cl2F3N2O4S. The van der Waals surface area contributed by atoms with Gasteiger partial charge in [-0.2, -0.15) is 4.31 Å². The van der Waals surface area contributed by atoms with Crippen LogP contribution in [0.2, 0.25) is 10.0 Å². The van der Waals surface area contributed by atoms with E-state index in [-0.39, 0.29) is 46.7 Å². The van der Waals surface area contributed by atoms with Crippen molar-refractivity contribution < 1.29 is 31.1 Å². The van der Waals surface area contributed by atoms with Crippen molar-refractivity contribution in [1.82, 2.24) is 9.21 Å². The Hall–Kier alpha value is -2.01. The number of benzene rings is 2. The van der Waals surface area contributed by atoms with E-state index in [4.69, 9.17) is 23.2 Å². The lowest BCUT2D eigenvalue weighted by Gasteiger charge is -2.34. The molecule has 0 spiro atoms. The summed E-state index contributed by atoms with van der Waals surface area (Å²) in [6, 6.07) is 8.70. The van der Waals surface area contributed by atoms with Crippen molar-refractivity contribution in [3.8, 4) is 5.75 Å². The smallest absolute Gasteiger partial charge is 0.406 e. The van der Waals surface area contributed by atoms with Gasteiger partial charge >= 0.3 is 6.36 Å². The second-order valence-electron chi connectivity index (χ2n) is 6.35. The molecule has 0 radical (unpaired) electrons. The first kappa shape index (κ1) is 22.7. The highest BCUT2D eigenvalue weighted by Gasteiger charge is 2.33. The fourth-order valence-corrected chi connectivity index (χ4v) is 4.74. The highest BCUT2D eigenvalue weighted by atomic mass is 35.5. The molecule has 1 fully saturated rings. The van der Waals surface area contributed by atoms with Gasteiger partial charge in [0.25, 0.3) is 5.91 Å². The van der Waals surface area contributed by atoms with Crippen LogP contribution in [0.3, 0.4) is 0 Å². The minimum atomic E-state index is -4.87. The third kappa shape index (κ3) is 5.18. The number of alkyl halides is 3. The van der Waals surface area contributed by atoms with Crippen LogP contribution in [0, 0.1) is 0 Å². The molecule has 1 amide bonds. The van der Waals surface area contributed by atoms with Crippen molar-refractivity contribution in [2.24, 2.45) is 0 Å². The number of nitrogens with zero attached hydrogens (tertiary/aromatic N) is 2. The zero-order valence-corrected chi connectivity index (χ0v) is 17.5. The minimum Gasteiger partial charge on any atom is -0.406 e. The van der Waals surface area contributed by atoms with Gasteiger partial charge < -0.3 is 9.64 Å². The fraction of sp³-hybridized carbons (Fsp3) is 0.278. The number of hydrogen-bond acceptors (Lipinski definition) is 4. The van der Waals surface area contributed by atoms with E-state index in [1.54, 1.807) is 0 Å². The largest absolute Gasteiger partial charge is 0.573 e. The van der Waals surface area contributed by atoms with Crippen molar-refractivity contribution >= 4 is 39.1 Å². The normalized spacial score (nSPS) is 15.8. The van der Waals surface area contributed by atoms with Crippen LogP contribution in [0.5, 0.6) is 5.75 Å². The number of carbonyl (C=O) groups excluding carboxylic acids is 1. The summed E-state index contributed by atoms with van der Waals surface area (Å²) in [4.78, 5) is 14.0. The molecule has 0 aliphatic carbocycles. The molecule has 1 saturated heterocycles. The lowest BCUT2D eigenvalue weighted by molar-refractivity contribution is -0.274. The monoisotopic (exact) mass is 482 g/mol. The molecule has 0 unspecified atom stereocenters. The molecule has 12 heteroatoms. The quantitative estimate of drug-likeness (QED) is 0.659. The molecule has 0 atom stereocenters. The molecule has 1 aliphatic heterocycles. The van der Waals surface area contributed by atoms with E-state index in [2.05, 4.69) is 4.74 Å². The first-order valence-corrected chi connectivity index (χ1v) is 10.8. The van der Waals surface area contributed by atoms with Crippen LogP contribution in [-0.4, -0.2) is 56.1 Å². The van der Waals surface area contributed by atoms with Crippen molar-refractivity contribution in [2.75, 3.05) is 26.2 Å². The van der Waals surface area contributed by atoms with E-state index in [1.165, 1.54) is 39.5 Å². The van der Waals surface area contributed by atoms with Gasteiger partial charge in [-0.15, -0.1) is 13.2 Å². The van der Waals surface area contributed by atoms with Gasteiger partial charge in [0.05, 0.1) is 14.9 Å². The van der Waals surface area contributed by atoms with Gasteiger partial charge in [0.2, 0.25) is 10.0 Å². The zero-order valence-electron chi connectivity index (χ0n) is 15.2. The maximum atomic E-state index is 12.8. The third-order valence-electron chi connectivity index (χ3n) is 4.37. The maximum Gasteiger partial charge on any atom is 0.573 e. The van der Waals surface area contributed by atoms with E-state index in [0.717, 1.165) is 12.1 Å². The molecule has 0 aromatic heterocycles. The molecule has 0 bridgehead atoms. The van der Waals surface area contributed by atoms with Crippen LogP contribution >= 0.6 is 23.2 Å². The Morgan fingerprint density at radius 2 is 1.63 bits per heavy atom. The lowest BCUT2D eigenvalue weighted by Crippen LogP contribution is -2.50. The maximum absolute atomic E-state index is 12.8. The Bertz CT molecular complexity index is 1060. The topological polar surface area (TPSA) is 66.9 Å². The SMILES string of the molecule is O=C(c1cccc(OC(F)(F)F)c1)N1CCN(S(=O)(=O)c2ccc(Cl)c(Cl)c2)CC1. The average Bonchev–Trinajstić information content (AvgIpc) is 2.68. The van der Waals surface area contributed by atoms with Crippen molar-refractivity contribution in [3.05, 3.63) is 58.1 Å². The van der Waals surface area contributed by atoms with Crippen LogP contribution in [0.15, 0.2) is 47.4 Å². The summed E-state index contributed by atoms with van der Waals surface area (Å²) in [5.41, 5.74) is 0.0116. The number of carbonyl (C=O) groups is 1. The first-order valence-electron chi connectivity index (χ1n) is 8.58.